The van der Waals surface area contributed by atoms with E-state index in [0.717, 1.165) is 11.3 Å². The Morgan fingerprint density at radius 3 is 2.19 bits per heavy atom. The highest BCUT2D eigenvalue weighted by Gasteiger charge is 2.14. The van der Waals surface area contributed by atoms with E-state index in [-0.39, 0.29) is 24.7 Å². The van der Waals surface area contributed by atoms with E-state index in [2.05, 4.69) is 5.32 Å². The lowest BCUT2D eigenvalue weighted by Gasteiger charge is -2.18. The van der Waals surface area contributed by atoms with Crippen molar-refractivity contribution in [3.63, 3.8) is 0 Å². The van der Waals surface area contributed by atoms with Crippen molar-refractivity contribution in [3.8, 4) is 23.0 Å². The van der Waals surface area contributed by atoms with Crippen LogP contribution in [-0.2, 0) is 4.79 Å². The molecule has 27 heavy (non-hydrogen) atoms. The van der Waals surface area contributed by atoms with Crippen LogP contribution in [0.15, 0.2) is 42.5 Å². The molecule has 0 aliphatic rings. The van der Waals surface area contributed by atoms with Crippen molar-refractivity contribution in [2.45, 2.75) is 32.9 Å². The van der Waals surface area contributed by atoms with Crippen molar-refractivity contribution in [3.05, 3.63) is 48.0 Å². The number of carbonyl (C=O) groups excluding carboxylic acids is 1. The summed E-state index contributed by atoms with van der Waals surface area (Å²) in [6.45, 7) is 5.75. The van der Waals surface area contributed by atoms with Crippen molar-refractivity contribution < 1.29 is 23.7 Å². The van der Waals surface area contributed by atoms with Crippen LogP contribution < -0.4 is 24.3 Å². The Balaban J connectivity index is 1.92. The molecule has 0 radical (unpaired) electrons. The minimum absolute atomic E-state index is 0.0528. The Bertz CT molecular complexity index is 743. The van der Waals surface area contributed by atoms with E-state index in [1.54, 1.807) is 38.5 Å². The van der Waals surface area contributed by atoms with Gasteiger partial charge in [0.1, 0.15) is 11.5 Å². The molecule has 1 atom stereocenters. The maximum Gasteiger partial charge on any atom is 0.258 e. The summed E-state index contributed by atoms with van der Waals surface area (Å²) in [6.07, 6.45) is 0.0528. The summed E-state index contributed by atoms with van der Waals surface area (Å²) in [6, 6.07) is 12.5. The van der Waals surface area contributed by atoms with E-state index in [0.29, 0.717) is 17.2 Å². The highest BCUT2D eigenvalue weighted by molar-refractivity contribution is 5.78. The van der Waals surface area contributed by atoms with E-state index in [1.807, 2.05) is 39.0 Å². The molecule has 0 fully saturated rings. The summed E-state index contributed by atoms with van der Waals surface area (Å²) >= 11 is 0. The molecule has 0 saturated heterocycles. The van der Waals surface area contributed by atoms with Gasteiger partial charge in [0.2, 0.25) is 0 Å². The van der Waals surface area contributed by atoms with Crippen LogP contribution in [0.3, 0.4) is 0 Å². The number of amides is 1. The second-order valence-electron chi connectivity index (χ2n) is 6.33. The predicted octanol–water partition coefficient (Wildman–Crippen LogP) is 3.75. The van der Waals surface area contributed by atoms with Crippen LogP contribution in [0.25, 0.3) is 0 Å². The maximum absolute atomic E-state index is 12.2. The monoisotopic (exact) mass is 373 g/mol. The van der Waals surface area contributed by atoms with Crippen LogP contribution in [-0.4, -0.2) is 32.8 Å². The van der Waals surface area contributed by atoms with Gasteiger partial charge in [0.25, 0.3) is 5.91 Å². The highest BCUT2D eigenvalue weighted by atomic mass is 16.5. The molecule has 1 unspecified atom stereocenters. The molecule has 0 spiro atoms. The van der Waals surface area contributed by atoms with Gasteiger partial charge < -0.3 is 24.3 Å². The third-order valence-corrected chi connectivity index (χ3v) is 3.86. The number of nitrogens with one attached hydrogen (secondary N) is 1. The molecule has 0 aliphatic heterocycles. The molecule has 6 heteroatoms. The second-order valence-corrected chi connectivity index (χ2v) is 6.33. The Labute approximate surface area is 160 Å². The topological polar surface area (TPSA) is 66.0 Å². The maximum atomic E-state index is 12.2. The van der Waals surface area contributed by atoms with Gasteiger partial charge in [-0.2, -0.15) is 0 Å². The molecule has 2 aromatic rings. The first-order chi connectivity index (χ1) is 12.9. The first-order valence-electron chi connectivity index (χ1n) is 8.83. The third-order valence-electron chi connectivity index (χ3n) is 3.86. The fourth-order valence-corrected chi connectivity index (χ4v) is 2.49. The minimum atomic E-state index is -0.209. The fourth-order valence-electron chi connectivity index (χ4n) is 2.49. The van der Waals surface area contributed by atoms with Crippen LogP contribution >= 0.6 is 0 Å². The summed E-state index contributed by atoms with van der Waals surface area (Å²) < 4.78 is 21.7. The molecule has 0 aromatic heterocycles. The summed E-state index contributed by atoms with van der Waals surface area (Å²) in [5.74, 6) is 2.45. The van der Waals surface area contributed by atoms with Gasteiger partial charge in [-0.05, 0) is 62.7 Å². The van der Waals surface area contributed by atoms with Gasteiger partial charge in [0.15, 0.2) is 18.1 Å². The Morgan fingerprint density at radius 2 is 1.59 bits per heavy atom. The Kier molecular flexibility index (Phi) is 7.34. The van der Waals surface area contributed by atoms with Crippen molar-refractivity contribution in [2.24, 2.45) is 0 Å². The number of hydrogen-bond acceptors (Lipinski definition) is 5. The molecule has 0 saturated carbocycles. The number of benzene rings is 2. The largest absolute Gasteiger partial charge is 0.497 e. The van der Waals surface area contributed by atoms with Crippen LogP contribution in [0, 0.1) is 0 Å². The van der Waals surface area contributed by atoms with Gasteiger partial charge in [-0.25, -0.2) is 0 Å². The van der Waals surface area contributed by atoms with Crippen molar-refractivity contribution in [1.29, 1.82) is 0 Å². The zero-order chi connectivity index (χ0) is 19.8. The lowest BCUT2D eigenvalue weighted by molar-refractivity contribution is -0.123. The summed E-state index contributed by atoms with van der Waals surface area (Å²) in [4.78, 5) is 12.2. The number of rotatable bonds is 9. The van der Waals surface area contributed by atoms with Crippen LogP contribution in [0.5, 0.6) is 23.0 Å². The van der Waals surface area contributed by atoms with E-state index < -0.39 is 0 Å². The van der Waals surface area contributed by atoms with E-state index in [9.17, 15) is 4.79 Å². The van der Waals surface area contributed by atoms with Gasteiger partial charge in [-0.15, -0.1) is 0 Å². The van der Waals surface area contributed by atoms with Crippen molar-refractivity contribution in [2.75, 3.05) is 20.8 Å². The molecule has 146 valence electrons. The SMILES string of the molecule is COc1ccc(OCC(=O)NC(C)c2ccc(OC(C)C)c(OC)c2)cc1. The smallest absolute Gasteiger partial charge is 0.258 e. The van der Waals surface area contributed by atoms with Crippen LogP contribution in [0.4, 0.5) is 0 Å². The molecule has 2 aromatic carbocycles. The van der Waals surface area contributed by atoms with E-state index in [4.69, 9.17) is 18.9 Å². The fraction of sp³-hybridized carbons (Fsp3) is 0.381. The molecule has 0 bridgehead atoms. The Morgan fingerprint density at radius 1 is 0.926 bits per heavy atom. The molecule has 6 nitrogen and oxygen atoms in total. The summed E-state index contributed by atoms with van der Waals surface area (Å²) in [5, 5.41) is 2.92. The standard InChI is InChI=1S/C21H27NO5/c1-14(2)27-19-11-6-16(12-20(19)25-5)15(3)22-21(23)13-26-18-9-7-17(24-4)8-10-18/h6-12,14-15H,13H2,1-5H3,(H,22,23). The van der Waals surface area contributed by atoms with Gasteiger partial charge in [-0.3, -0.25) is 4.79 Å². The number of ether oxygens (including phenoxy) is 4. The van der Waals surface area contributed by atoms with Gasteiger partial charge in [-0.1, -0.05) is 6.07 Å². The average molecular weight is 373 g/mol. The molecule has 1 N–H and O–H groups in total. The van der Waals surface area contributed by atoms with Crippen LogP contribution in [0.2, 0.25) is 0 Å². The first kappa shape index (κ1) is 20.4. The molecular formula is C21H27NO5. The lowest BCUT2D eigenvalue weighted by Crippen LogP contribution is -2.31. The minimum Gasteiger partial charge on any atom is -0.497 e. The molecule has 1 amide bonds. The summed E-state index contributed by atoms with van der Waals surface area (Å²) in [7, 11) is 3.19. The predicted molar refractivity (Wildman–Crippen MR) is 104 cm³/mol. The number of methoxy groups -OCH3 is 2. The van der Waals surface area contributed by atoms with Gasteiger partial charge >= 0.3 is 0 Å². The highest BCUT2D eigenvalue weighted by Crippen LogP contribution is 2.31. The lowest BCUT2D eigenvalue weighted by atomic mass is 10.1. The van der Waals surface area contributed by atoms with Gasteiger partial charge in [0, 0.05) is 0 Å². The zero-order valence-corrected chi connectivity index (χ0v) is 16.4. The van der Waals surface area contributed by atoms with E-state index >= 15 is 0 Å². The Hall–Kier alpha value is -2.89. The van der Waals surface area contributed by atoms with Crippen LogP contribution in [0.1, 0.15) is 32.4 Å². The quantitative estimate of drug-likeness (QED) is 0.725. The number of hydrogen-bond donors (Lipinski definition) is 1. The number of carbonyl (C=O) groups is 1. The molecular weight excluding hydrogens is 346 g/mol. The zero-order valence-electron chi connectivity index (χ0n) is 16.4. The molecule has 0 aliphatic carbocycles. The molecule has 0 heterocycles. The van der Waals surface area contributed by atoms with Crippen molar-refractivity contribution >= 4 is 5.91 Å². The van der Waals surface area contributed by atoms with Gasteiger partial charge in [0.05, 0.1) is 26.4 Å². The third kappa shape index (κ3) is 6.09. The van der Waals surface area contributed by atoms with Crippen molar-refractivity contribution in [1.82, 2.24) is 5.32 Å². The summed E-state index contributed by atoms with van der Waals surface area (Å²) in [5.41, 5.74) is 0.917. The average Bonchev–Trinajstić information content (AvgIpc) is 2.66. The second kappa shape index (κ2) is 9.71. The van der Waals surface area contributed by atoms with E-state index in [1.165, 1.54) is 0 Å². The first-order valence-corrected chi connectivity index (χ1v) is 8.83. The molecule has 2 rings (SSSR count). The normalized spacial score (nSPS) is 11.6.